The van der Waals surface area contributed by atoms with Crippen LogP contribution in [0.3, 0.4) is 0 Å². The molecule has 0 saturated heterocycles. The van der Waals surface area contributed by atoms with Crippen LogP contribution in [0.5, 0.6) is 0 Å². The van der Waals surface area contributed by atoms with Crippen LogP contribution in [0.4, 0.5) is 0 Å². The smallest absolute Gasteiger partial charge is 0.333 e. The number of esters is 4. The molecule has 2 unspecified atom stereocenters. The minimum absolute atomic E-state index is 0.0594. The third-order valence-electron chi connectivity index (χ3n) is 7.67. The lowest BCUT2D eigenvalue weighted by molar-refractivity contribution is -0.223. The van der Waals surface area contributed by atoms with Gasteiger partial charge in [-0.3, -0.25) is 9.59 Å². The van der Waals surface area contributed by atoms with Crippen molar-refractivity contribution in [1.82, 2.24) is 0 Å². The Labute approximate surface area is 213 Å². The largest absolute Gasteiger partial charge is 0.461 e. The SMILES string of the molecule is C=C(C)C(=O)OC(C)COC(=O)C12CC3(C)CC(C)(C1)CC(C(=O)OCC(C)OC(=O)C(=C)C)(C3)C2. The average molecular weight is 505 g/mol. The predicted molar refractivity (Wildman–Crippen MR) is 131 cm³/mol. The summed E-state index contributed by atoms with van der Waals surface area (Å²) in [5.41, 5.74) is -1.44. The van der Waals surface area contributed by atoms with Crippen LogP contribution in [0.1, 0.15) is 80.1 Å². The van der Waals surface area contributed by atoms with Crippen molar-refractivity contribution >= 4 is 23.9 Å². The van der Waals surface area contributed by atoms with E-state index in [1.807, 2.05) is 0 Å². The van der Waals surface area contributed by atoms with Crippen molar-refractivity contribution < 1.29 is 38.1 Å². The highest BCUT2D eigenvalue weighted by atomic mass is 16.6. The second-order valence-electron chi connectivity index (χ2n) is 12.4. The molecule has 4 rings (SSSR count). The van der Waals surface area contributed by atoms with Crippen LogP contribution in [0, 0.1) is 21.7 Å². The number of rotatable bonds is 10. The van der Waals surface area contributed by atoms with Crippen molar-refractivity contribution in [2.24, 2.45) is 21.7 Å². The zero-order chi connectivity index (χ0) is 27.1. The lowest BCUT2D eigenvalue weighted by atomic mass is 9.36. The number of ether oxygens (including phenoxy) is 4. The number of carbonyl (C=O) groups excluding carboxylic acids is 4. The Hall–Kier alpha value is -2.64. The summed E-state index contributed by atoms with van der Waals surface area (Å²) in [6.07, 6.45) is 2.67. The summed E-state index contributed by atoms with van der Waals surface area (Å²) in [4.78, 5) is 50.6. The monoisotopic (exact) mass is 504 g/mol. The first-order valence-corrected chi connectivity index (χ1v) is 12.6. The molecule has 0 N–H and O–H groups in total. The van der Waals surface area contributed by atoms with Crippen molar-refractivity contribution in [3.05, 3.63) is 24.3 Å². The molecule has 36 heavy (non-hydrogen) atoms. The predicted octanol–water partition coefficient (Wildman–Crippen LogP) is 4.46. The highest BCUT2D eigenvalue weighted by Crippen LogP contribution is 2.74. The quantitative estimate of drug-likeness (QED) is 0.244. The van der Waals surface area contributed by atoms with Gasteiger partial charge in [-0.2, -0.15) is 0 Å². The van der Waals surface area contributed by atoms with Gasteiger partial charge in [-0.25, -0.2) is 9.59 Å². The fourth-order valence-electron chi connectivity index (χ4n) is 7.46. The Balaban J connectivity index is 1.72. The van der Waals surface area contributed by atoms with Crippen LogP contribution < -0.4 is 0 Å². The van der Waals surface area contributed by atoms with E-state index in [1.165, 1.54) is 0 Å². The molecule has 4 fully saturated rings. The van der Waals surface area contributed by atoms with Crippen LogP contribution in [0.25, 0.3) is 0 Å². The summed E-state index contributed by atoms with van der Waals surface area (Å²) < 4.78 is 21.9. The summed E-state index contributed by atoms with van der Waals surface area (Å²) in [6, 6.07) is 0. The van der Waals surface area contributed by atoms with Gasteiger partial charge < -0.3 is 18.9 Å². The summed E-state index contributed by atoms with van der Waals surface area (Å²) in [7, 11) is 0. The maximum absolute atomic E-state index is 13.5. The summed E-state index contributed by atoms with van der Waals surface area (Å²) in [5, 5.41) is 0. The molecule has 2 atom stereocenters. The van der Waals surface area contributed by atoms with Gasteiger partial charge in [-0.05, 0) is 77.0 Å². The molecule has 0 aromatic carbocycles. The molecule has 0 amide bonds. The van der Waals surface area contributed by atoms with Gasteiger partial charge >= 0.3 is 23.9 Å². The van der Waals surface area contributed by atoms with Gasteiger partial charge in [0.25, 0.3) is 0 Å². The van der Waals surface area contributed by atoms with Gasteiger partial charge in [0, 0.05) is 11.1 Å². The Kier molecular flexibility index (Phi) is 7.51. The van der Waals surface area contributed by atoms with Crippen LogP contribution in [-0.2, 0) is 38.1 Å². The first-order chi connectivity index (χ1) is 16.5. The number of hydrogen-bond donors (Lipinski definition) is 0. The lowest BCUT2D eigenvalue weighted by Crippen LogP contribution is -2.64. The maximum Gasteiger partial charge on any atom is 0.333 e. The molecular weight excluding hydrogens is 464 g/mol. The second kappa shape index (κ2) is 9.67. The standard InChI is InChI=1S/C28H40O8/c1-17(2)21(29)35-19(5)9-33-23(31)27-12-25(7)11-26(8,13-27)15-28(14-25,16-27)24(32)34-10-20(6)36-22(30)18(3)4/h19-20H,1,3,9-16H2,2,4-8H3. The summed E-state index contributed by atoms with van der Waals surface area (Å²) in [6.45, 7) is 17.7. The topological polar surface area (TPSA) is 105 Å². The zero-order valence-electron chi connectivity index (χ0n) is 22.5. The maximum atomic E-state index is 13.5. The minimum atomic E-state index is -0.798. The molecule has 0 aromatic heterocycles. The van der Waals surface area contributed by atoms with E-state index in [9.17, 15) is 19.2 Å². The molecular formula is C28H40O8. The Morgan fingerprint density at radius 3 is 1.31 bits per heavy atom. The van der Waals surface area contributed by atoms with Gasteiger partial charge in [0.05, 0.1) is 10.8 Å². The van der Waals surface area contributed by atoms with E-state index in [-0.39, 0.29) is 47.1 Å². The second-order valence-corrected chi connectivity index (χ2v) is 12.4. The molecule has 0 aliphatic heterocycles. The van der Waals surface area contributed by atoms with Crippen molar-refractivity contribution in [2.75, 3.05) is 13.2 Å². The van der Waals surface area contributed by atoms with E-state index < -0.39 is 35.0 Å². The molecule has 8 nitrogen and oxygen atoms in total. The Morgan fingerprint density at radius 2 is 1.00 bits per heavy atom. The van der Waals surface area contributed by atoms with Crippen molar-refractivity contribution in [3.63, 3.8) is 0 Å². The van der Waals surface area contributed by atoms with E-state index >= 15 is 0 Å². The first-order valence-electron chi connectivity index (χ1n) is 12.6. The van der Waals surface area contributed by atoms with Crippen molar-refractivity contribution in [1.29, 1.82) is 0 Å². The number of carbonyl (C=O) groups is 4. The van der Waals surface area contributed by atoms with E-state index in [0.717, 1.165) is 6.42 Å². The summed E-state index contributed by atoms with van der Waals surface area (Å²) >= 11 is 0. The average Bonchev–Trinajstić information content (AvgIpc) is 2.72. The fraction of sp³-hybridized carbons (Fsp3) is 0.714. The molecule has 0 heterocycles. The van der Waals surface area contributed by atoms with Crippen molar-refractivity contribution in [3.8, 4) is 0 Å². The van der Waals surface area contributed by atoms with Gasteiger partial charge in [-0.15, -0.1) is 0 Å². The van der Waals surface area contributed by atoms with Gasteiger partial charge in [0.15, 0.2) is 0 Å². The van der Waals surface area contributed by atoms with E-state index in [1.54, 1.807) is 27.7 Å². The van der Waals surface area contributed by atoms with E-state index in [0.29, 0.717) is 32.1 Å². The molecule has 4 aliphatic carbocycles. The molecule has 0 aromatic rings. The van der Waals surface area contributed by atoms with Gasteiger partial charge in [-0.1, -0.05) is 27.0 Å². The first kappa shape index (κ1) is 27.9. The Morgan fingerprint density at radius 1 is 0.667 bits per heavy atom. The van der Waals surface area contributed by atoms with E-state index in [4.69, 9.17) is 18.9 Å². The van der Waals surface area contributed by atoms with E-state index in [2.05, 4.69) is 27.0 Å². The summed E-state index contributed by atoms with van der Waals surface area (Å²) in [5.74, 6) is -1.76. The van der Waals surface area contributed by atoms with Crippen LogP contribution in [-0.4, -0.2) is 49.3 Å². The number of hydrogen-bond acceptors (Lipinski definition) is 8. The molecule has 4 saturated carbocycles. The van der Waals surface area contributed by atoms with Crippen LogP contribution in [0.2, 0.25) is 0 Å². The molecule has 4 aliphatic rings. The molecule has 4 bridgehead atoms. The van der Waals surface area contributed by atoms with Crippen molar-refractivity contribution in [2.45, 2.75) is 92.3 Å². The Bertz CT molecular complexity index is 888. The van der Waals surface area contributed by atoms with Crippen LogP contribution >= 0.6 is 0 Å². The third-order valence-corrected chi connectivity index (χ3v) is 7.67. The highest BCUT2D eigenvalue weighted by Gasteiger charge is 2.70. The highest BCUT2D eigenvalue weighted by molar-refractivity contribution is 5.87. The van der Waals surface area contributed by atoms with Crippen LogP contribution in [0.15, 0.2) is 24.3 Å². The molecule has 8 heteroatoms. The lowest BCUT2D eigenvalue weighted by Gasteiger charge is -2.67. The fourth-order valence-corrected chi connectivity index (χ4v) is 7.46. The molecule has 200 valence electrons. The normalized spacial score (nSPS) is 33.7. The van der Waals surface area contributed by atoms with Gasteiger partial charge in [0.2, 0.25) is 0 Å². The zero-order valence-corrected chi connectivity index (χ0v) is 22.5. The third kappa shape index (κ3) is 5.68. The minimum Gasteiger partial charge on any atom is -0.461 e. The molecule has 0 radical (unpaired) electrons. The van der Waals surface area contributed by atoms with Gasteiger partial charge in [0.1, 0.15) is 25.4 Å². The molecule has 0 spiro atoms.